The van der Waals surface area contributed by atoms with Gasteiger partial charge in [0.05, 0.1) is 0 Å². The highest BCUT2D eigenvalue weighted by atomic mass is 19.4. The lowest BCUT2D eigenvalue weighted by molar-refractivity contribution is -0.428. The molecule has 0 aliphatic carbocycles. The zero-order valence-electron chi connectivity index (χ0n) is 12.3. The van der Waals surface area contributed by atoms with Crippen LogP contribution in [0.3, 0.4) is 0 Å². The van der Waals surface area contributed by atoms with Crippen molar-refractivity contribution in [3.8, 4) is 0 Å². The molecule has 0 spiro atoms. The average Bonchev–Trinajstić information content (AvgIpc) is 2.24. The second-order valence-corrected chi connectivity index (χ2v) is 4.91. The van der Waals surface area contributed by atoms with Crippen molar-refractivity contribution >= 4 is 5.97 Å². The monoisotopic (exact) mass is 338 g/mol. The molecule has 0 radical (unpaired) electrons. The molecule has 0 aliphatic rings. The molecule has 130 valence electrons. The first-order valence-electron chi connectivity index (χ1n) is 5.79. The molecule has 0 aromatic rings. The third-order valence-electron chi connectivity index (χ3n) is 2.74. The van der Waals surface area contributed by atoms with E-state index in [0.717, 1.165) is 14.0 Å². The van der Waals surface area contributed by atoms with Gasteiger partial charge in [-0.15, -0.1) is 0 Å². The van der Waals surface area contributed by atoms with Gasteiger partial charge in [0, 0.05) is 12.7 Å². The summed E-state index contributed by atoms with van der Waals surface area (Å²) in [6, 6.07) is 0. The van der Waals surface area contributed by atoms with Crippen molar-refractivity contribution in [2.24, 2.45) is 0 Å². The summed E-state index contributed by atoms with van der Waals surface area (Å²) in [5.74, 6) is -1.41. The SMILES string of the molecule is C=C(C)C(=O)OC(C)(C)C(OCOC)(C(F)(F)F)C(F)(F)F. The molecule has 0 heterocycles. The van der Waals surface area contributed by atoms with E-state index in [0.29, 0.717) is 13.8 Å². The van der Waals surface area contributed by atoms with Gasteiger partial charge in [0.15, 0.2) is 5.60 Å². The maximum atomic E-state index is 13.2. The molecule has 0 fully saturated rings. The summed E-state index contributed by atoms with van der Waals surface area (Å²) in [6.07, 6.45) is -11.9. The topological polar surface area (TPSA) is 44.8 Å². The van der Waals surface area contributed by atoms with Crippen LogP contribution in [0.2, 0.25) is 0 Å². The number of halogens is 6. The van der Waals surface area contributed by atoms with Gasteiger partial charge in [0.2, 0.25) is 0 Å². The molecule has 0 amide bonds. The van der Waals surface area contributed by atoms with Gasteiger partial charge in [0.1, 0.15) is 6.79 Å². The second-order valence-electron chi connectivity index (χ2n) is 4.91. The van der Waals surface area contributed by atoms with Crippen molar-refractivity contribution in [1.29, 1.82) is 0 Å². The maximum absolute atomic E-state index is 13.2. The fraction of sp³-hybridized carbons (Fsp3) is 0.750. The molecule has 0 aromatic heterocycles. The molecule has 4 nitrogen and oxygen atoms in total. The van der Waals surface area contributed by atoms with Crippen LogP contribution in [0.5, 0.6) is 0 Å². The Morgan fingerprint density at radius 2 is 1.45 bits per heavy atom. The Hall–Kier alpha value is -1.29. The van der Waals surface area contributed by atoms with Crippen LogP contribution in [-0.4, -0.2) is 43.4 Å². The standard InChI is InChI=1S/C12H16F6O4/c1-7(2)8(19)22-9(3,4)10(11(13,14)15,12(16,17)18)21-6-20-5/h1,6H2,2-5H3. The van der Waals surface area contributed by atoms with Crippen molar-refractivity contribution < 1.29 is 45.3 Å². The molecule has 0 bridgehead atoms. The lowest BCUT2D eigenvalue weighted by Gasteiger charge is -2.46. The Balaban J connectivity index is 6.13. The average molecular weight is 338 g/mol. The molecular formula is C12H16F6O4. The molecule has 0 saturated carbocycles. The number of methoxy groups -OCH3 is 1. The molecule has 0 unspecified atom stereocenters. The second kappa shape index (κ2) is 6.45. The Kier molecular flexibility index (Phi) is 6.07. The predicted molar refractivity (Wildman–Crippen MR) is 62.8 cm³/mol. The van der Waals surface area contributed by atoms with Crippen molar-refractivity contribution in [2.75, 3.05) is 13.9 Å². The molecule has 22 heavy (non-hydrogen) atoms. The lowest BCUT2D eigenvalue weighted by Crippen LogP contribution is -2.71. The first kappa shape index (κ1) is 20.7. The van der Waals surface area contributed by atoms with Crippen molar-refractivity contribution in [3.63, 3.8) is 0 Å². The zero-order valence-corrected chi connectivity index (χ0v) is 12.3. The number of ether oxygens (including phenoxy) is 3. The summed E-state index contributed by atoms with van der Waals surface area (Å²) in [4.78, 5) is 11.4. The first-order chi connectivity index (χ1) is 9.64. The Bertz CT molecular complexity index is 410. The van der Waals surface area contributed by atoms with Crippen LogP contribution in [0.15, 0.2) is 12.2 Å². The molecule has 0 rings (SSSR count). The van der Waals surface area contributed by atoms with E-state index in [1.54, 1.807) is 0 Å². The molecule has 0 aliphatic heterocycles. The molecule has 10 heteroatoms. The number of rotatable bonds is 6. The largest absolute Gasteiger partial charge is 0.452 e. The van der Waals surface area contributed by atoms with Crippen LogP contribution in [0.1, 0.15) is 20.8 Å². The van der Waals surface area contributed by atoms with E-state index in [9.17, 15) is 31.1 Å². The van der Waals surface area contributed by atoms with Gasteiger partial charge in [-0.3, -0.25) is 0 Å². The highest BCUT2D eigenvalue weighted by molar-refractivity contribution is 5.87. The van der Waals surface area contributed by atoms with Gasteiger partial charge >= 0.3 is 23.9 Å². The van der Waals surface area contributed by atoms with E-state index in [4.69, 9.17) is 0 Å². The van der Waals surface area contributed by atoms with E-state index >= 15 is 0 Å². The highest BCUT2D eigenvalue weighted by Crippen LogP contribution is 2.53. The van der Waals surface area contributed by atoms with Crippen molar-refractivity contribution in [3.05, 3.63) is 12.2 Å². The van der Waals surface area contributed by atoms with E-state index in [-0.39, 0.29) is 5.57 Å². The van der Waals surface area contributed by atoms with Gasteiger partial charge in [-0.2, -0.15) is 26.3 Å². The third kappa shape index (κ3) is 3.72. The predicted octanol–water partition coefficient (Wildman–Crippen LogP) is 3.37. The number of esters is 1. The van der Waals surface area contributed by atoms with Gasteiger partial charge in [-0.25, -0.2) is 4.79 Å². The van der Waals surface area contributed by atoms with Crippen LogP contribution in [0.25, 0.3) is 0 Å². The van der Waals surface area contributed by atoms with Crippen molar-refractivity contribution in [1.82, 2.24) is 0 Å². The van der Waals surface area contributed by atoms with Crippen LogP contribution in [-0.2, 0) is 19.0 Å². The third-order valence-corrected chi connectivity index (χ3v) is 2.74. The molecule has 0 N–H and O–H groups in total. The van der Waals surface area contributed by atoms with E-state index in [2.05, 4.69) is 20.8 Å². The fourth-order valence-corrected chi connectivity index (χ4v) is 1.72. The normalized spacial score (nSPS) is 13.9. The van der Waals surface area contributed by atoms with Crippen LogP contribution in [0, 0.1) is 0 Å². The highest BCUT2D eigenvalue weighted by Gasteiger charge is 2.80. The van der Waals surface area contributed by atoms with Gasteiger partial charge < -0.3 is 14.2 Å². The van der Waals surface area contributed by atoms with Crippen LogP contribution >= 0.6 is 0 Å². The number of hydrogen-bond donors (Lipinski definition) is 0. The molecule has 0 saturated heterocycles. The summed E-state index contributed by atoms with van der Waals surface area (Å²) in [5, 5.41) is 0. The Morgan fingerprint density at radius 3 is 1.73 bits per heavy atom. The maximum Gasteiger partial charge on any atom is 0.430 e. The first-order valence-corrected chi connectivity index (χ1v) is 5.79. The van der Waals surface area contributed by atoms with Crippen LogP contribution in [0.4, 0.5) is 26.3 Å². The summed E-state index contributed by atoms with van der Waals surface area (Å²) in [7, 11) is 0.852. The summed E-state index contributed by atoms with van der Waals surface area (Å²) >= 11 is 0. The number of alkyl halides is 6. The van der Waals surface area contributed by atoms with Gasteiger partial charge in [-0.05, 0) is 20.8 Å². The fourth-order valence-electron chi connectivity index (χ4n) is 1.72. The summed E-state index contributed by atoms with van der Waals surface area (Å²) in [6.45, 7) is 3.77. The van der Waals surface area contributed by atoms with Gasteiger partial charge in [0.25, 0.3) is 0 Å². The summed E-state index contributed by atoms with van der Waals surface area (Å²) in [5.41, 5.74) is -8.26. The number of carbonyl (C=O) groups excluding carboxylic acids is 1. The van der Waals surface area contributed by atoms with Crippen LogP contribution < -0.4 is 0 Å². The Labute approximate surface area is 123 Å². The summed E-state index contributed by atoms with van der Waals surface area (Å²) < 4.78 is 91.8. The molecular weight excluding hydrogens is 322 g/mol. The zero-order chi connectivity index (χ0) is 18.0. The van der Waals surface area contributed by atoms with Gasteiger partial charge in [-0.1, -0.05) is 6.58 Å². The Morgan fingerprint density at radius 1 is 1.05 bits per heavy atom. The minimum atomic E-state index is -5.93. The number of hydrogen-bond acceptors (Lipinski definition) is 4. The van der Waals surface area contributed by atoms with E-state index < -0.39 is 36.3 Å². The molecule has 0 atom stereocenters. The minimum absolute atomic E-state index is 0.363. The number of carbonyl (C=O) groups is 1. The lowest BCUT2D eigenvalue weighted by atomic mass is 9.83. The van der Waals surface area contributed by atoms with E-state index in [1.807, 2.05) is 0 Å². The minimum Gasteiger partial charge on any atom is -0.452 e. The smallest absolute Gasteiger partial charge is 0.430 e. The molecule has 0 aromatic carbocycles. The quantitative estimate of drug-likeness (QED) is 0.322. The van der Waals surface area contributed by atoms with E-state index in [1.165, 1.54) is 0 Å². The van der Waals surface area contributed by atoms with Crippen molar-refractivity contribution in [2.45, 2.75) is 44.3 Å².